The number of pyridine rings is 1. The van der Waals surface area contributed by atoms with Gasteiger partial charge in [-0.25, -0.2) is 9.37 Å². The van der Waals surface area contributed by atoms with Crippen molar-refractivity contribution in [1.82, 2.24) is 10.3 Å². The third kappa shape index (κ3) is 5.29. The molecule has 3 nitrogen and oxygen atoms in total. The van der Waals surface area contributed by atoms with E-state index in [1.165, 1.54) is 6.20 Å². The summed E-state index contributed by atoms with van der Waals surface area (Å²) in [7, 11) is 2.03. The van der Waals surface area contributed by atoms with Crippen molar-refractivity contribution in [3.63, 3.8) is 0 Å². The lowest BCUT2D eigenvalue weighted by atomic mass is 10.1. The van der Waals surface area contributed by atoms with Crippen molar-refractivity contribution in [3.8, 4) is 0 Å². The van der Waals surface area contributed by atoms with Crippen LogP contribution in [0.15, 0.2) is 12.3 Å². The van der Waals surface area contributed by atoms with Crippen molar-refractivity contribution < 1.29 is 4.39 Å². The summed E-state index contributed by atoms with van der Waals surface area (Å²) in [6, 6.07) is 2.33. The molecule has 0 amide bonds. The largest absolute Gasteiger partial charge is 0.357 e. The summed E-state index contributed by atoms with van der Waals surface area (Å²) in [6.45, 7) is 6.98. The maximum atomic E-state index is 13.4. The van der Waals surface area contributed by atoms with Crippen LogP contribution >= 0.6 is 11.8 Å². The van der Waals surface area contributed by atoms with Gasteiger partial charge in [-0.3, -0.25) is 0 Å². The molecule has 0 bridgehead atoms. The molecule has 0 aliphatic heterocycles. The van der Waals surface area contributed by atoms with E-state index in [2.05, 4.69) is 42.2 Å². The summed E-state index contributed by atoms with van der Waals surface area (Å²) in [5.74, 6) is 1.71. The van der Waals surface area contributed by atoms with Crippen molar-refractivity contribution in [3.05, 3.63) is 23.6 Å². The van der Waals surface area contributed by atoms with Crippen LogP contribution in [-0.4, -0.2) is 36.1 Å². The number of nitrogens with zero attached hydrogens (tertiary/aromatic N) is 2. The molecular weight excluding hydrogens is 273 g/mol. The van der Waals surface area contributed by atoms with E-state index >= 15 is 0 Å². The molecule has 1 aromatic rings. The van der Waals surface area contributed by atoms with E-state index in [0.717, 1.165) is 23.6 Å². The fraction of sp³-hybridized carbons (Fsp3) is 0.667. The molecule has 1 heterocycles. The number of hydrogen-bond acceptors (Lipinski definition) is 4. The van der Waals surface area contributed by atoms with Gasteiger partial charge in [-0.15, -0.1) is 0 Å². The summed E-state index contributed by atoms with van der Waals surface area (Å²) in [5, 5.41) is 3.33. The Morgan fingerprint density at radius 1 is 1.40 bits per heavy atom. The normalized spacial score (nSPS) is 12.8. The van der Waals surface area contributed by atoms with Crippen molar-refractivity contribution in [1.29, 1.82) is 0 Å². The Balaban J connectivity index is 2.86. The molecule has 1 rings (SSSR count). The highest BCUT2D eigenvalue weighted by Gasteiger charge is 2.15. The van der Waals surface area contributed by atoms with Gasteiger partial charge < -0.3 is 10.2 Å². The van der Waals surface area contributed by atoms with Gasteiger partial charge in [-0.1, -0.05) is 13.8 Å². The molecule has 5 heteroatoms. The minimum absolute atomic E-state index is 0.278. The van der Waals surface area contributed by atoms with E-state index in [0.29, 0.717) is 18.6 Å². The average molecular weight is 299 g/mol. The molecule has 0 aliphatic rings. The molecule has 0 saturated heterocycles. The first-order valence-corrected chi connectivity index (χ1v) is 8.44. The number of halogens is 1. The lowest BCUT2D eigenvalue weighted by Crippen LogP contribution is -2.32. The van der Waals surface area contributed by atoms with E-state index < -0.39 is 0 Å². The third-order valence-corrected chi connectivity index (χ3v) is 3.99. The lowest BCUT2D eigenvalue weighted by Gasteiger charge is -2.28. The highest BCUT2D eigenvalue weighted by atomic mass is 32.2. The summed E-state index contributed by atoms with van der Waals surface area (Å²) in [6.07, 6.45) is 4.50. The zero-order valence-electron chi connectivity index (χ0n) is 13.1. The predicted molar refractivity (Wildman–Crippen MR) is 87.0 cm³/mol. The Labute approximate surface area is 126 Å². The Kier molecular flexibility index (Phi) is 7.30. The Morgan fingerprint density at radius 3 is 2.70 bits per heavy atom. The first-order chi connectivity index (χ1) is 9.45. The Hall–Kier alpha value is -0.810. The van der Waals surface area contributed by atoms with Crippen LogP contribution in [0.25, 0.3) is 0 Å². The van der Waals surface area contributed by atoms with Gasteiger partial charge in [-0.2, -0.15) is 11.8 Å². The second kappa shape index (κ2) is 8.47. The maximum absolute atomic E-state index is 13.4. The predicted octanol–water partition coefficient (Wildman–Crippen LogP) is 3.30. The SMILES string of the molecule is CSCCC(C)N(C)c1ncc(F)cc1CNC(C)C. The topological polar surface area (TPSA) is 28.2 Å². The summed E-state index contributed by atoms with van der Waals surface area (Å²) in [5.41, 5.74) is 0.914. The lowest BCUT2D eigenvalue weighted by molar-refractivity contribution is 0.573. The van der Waals surface area contributed by atoms with Crippen molar-refractivity contribution in [2.45, 2.75) is 45.8 Å². The molecule has 0 aromatic carbocycles. The van der Waals surface area contributed by atoms with Crippen LogP contribution in [0.5, 0.6) is 0 Å². The fourth-order valence-corrected chi connectivity index (χ4v) is 2.50. The number of rotatable bonds is 8. The molecule has 0 spiro atoms. The highest BCUT2D eigenvalue weighted by molar-refractivity contribution is 7.98. The van der Waals surface area contributed by atoms with E-state index in [-0.39, 0.29) is 5.82 Å². The van der Waals surface area contributed by atoms with Gasteiger partial charge >= 0.3 is 0 Å². The van der Waals surface area contributed by atoms with Crippen LogP contribution in [-0.2, 0) is 6.54 Å². The van der Waals surface area contributed by atoms with E-state index in [9.17, 15) is 4.39 Å². The van der Waals surface area contributed by atoms with Crippen molar-refractivity contribution in [2.75, 3.05) is 24.0 Å². The van der Waals surface area contributed by atoms with Gasteiger partial charge in [0, 0.05) is 31.2 Å². The minimum atomic E-state index is -0.278. The molecule has 20 heavy (non-hydrogen) atoms. The van der Waals surface area contributed by atoms with Gasteiger partial charge in [0.25, 0.3) is 0 Å². The molecule has 114 valence electrons. The van der Waals surface area contributed by atoms with Crippen LogP contribution in [0, 0.1) is 5.82 Å². The van der Waals surface area contributed by atoms with E-state index in [1.54, 1.807) is 6.07 Å². The third-order valence-electron chi connectivity index (χ3n) is 3.35. The highest BCUT2D eigenvalue weighted by Crippen LogP contribution is 2.21. The van der Waals surface area contributed by atoms with Crippen LogP contribution in [0.2, 0.25) is 0 Å². The van der Waals surface area contributed by atoms with E-state index in [4.69, 9.17) is 0 Å². The molecule has 1 N–H and O–H groups in total. The molecule has 0 saturated carbocycles. The van der Waals surface area contributed by atoms with Crippen LogP contribution in [0.4, 0.5) is 10.2 Å². The average Bonchev–Trinajstić information content (AvgIpc) is 2.41. The first kappa shape index (κ1) is 17.2. The van der Waals surface area contributed by atoms with Crippen LogP contribution < -0.4 is 10.2 Å². The quantitative estimate of drug-likeness (QED) is 0.797. The zero-order valence-corrected chi connectivity index (χ0v) is 13.9. The maximum Gasteiger partial charge on any atom is 0.141 e. The molecule has 0 radical (unpaired) electrons. The van der Waals surface area contributed by atoms with Crippen LogP contribution in [0.3, 0.4) is 0 Å². The first-order valence-electron chi connectivity index (χ1n) is 7.05. The van der Waals surface area contributed by atoms with E-state index in [1.807, 2.05) is 18.8 Å². The number of aromatic nitrogens is 1. The molecule has 1 atom stereocenters. The second-order valence-electron chi connectivity index (χ2n) is 5.41. The molecule has 0 aliphatic carbocycles. The number of anilines is 1. The Morgan fingerprint density at radius 2 is 2.10 bits per heavy atom. The molecular formula is C15H26FN3S. The van der Waals surface area contributed by atoms with Gasteiger partial charge in [0.15, 0.2) is 0 Å². The number of nitrogens with one attached hydrogen (secondary N) is 1. The Bertz CT molecular complexity index is 412. The number of hydrogen-bond donors (Lipinski definition) is 1. The van der Waals surface area contributed by atoms with Crippen LogP contribution in [0.1, 0.15) is 32.8 Å². The summed E-state index contributed by atoms with van der Waals surface area (Å²) >= 11 is 1.84. The number of thioether (sulfide) groups is 1. The monoisotopic (exact) mass is 299 g/mol. The van der Waals surface area contributed by atoms with Crippen molar-refractivity contribution in [2.24, 2.45) is 0 Å². The summed E-state index contributed by atoms with van der Waals surface area (Å²) < 4.78 is 13.4. The standard InChI is InChI=1S/C15H26FN3S/c1-11(2)17-9-13-8-14(16)10-18-15(13)19(4)12(3)6-7-20-5/h8,10-12,17H,6-7,9H2,1-5H3. The summed E-state index contributed by atoms with van der Waals surface area (Å²) in [4.78, 5) is 6.44. The molecule has 0 fully saturated rings. The fourth-order valence-electron chi connectivity index (χ4n) is 1.93. The second-order valence-corrected chi connectivity index (χ2v) is 6.40. The van der Waals surface area contributed by atoms with Gasteiger partial charge in [-0.05, 0) is 31.4 Å². The van der Waals surface area contributed by atoms with Crippen molar-refractivity contribution >= 4 is 17.6 Å². The van der Waals surface area contributed by atoms with Gasteiger partial charge in [0.1, 0.15) is 11.6 Å². The van der Waals surface area contributed by atoms with Gasteiger partial charge in [0.2, 0.25) is 0 Å². The smallest absolute Gasteiger partial charge is 0.141 e. The molecule has 1 unspecified atom stereocenters. The zero-order chi connectivity index (χ0) is 15.1. The molecule has 1 aromatic heterocycles. The van der Waals surface area contributed by atoms with Gasteiger partial charge in [0.05, 0.1) is 6.20 Å². The minimum Gasteiger partial charge on any atom is -0.357 e.